The van der Waals surface area contributed by atoms with Gasteiger partial charge in [-0.3, -0.25) is 0 Å². The van der Waals surface area contributed by atoms with Gasteiger partial charge in [-0.25, -0.2) is 0 Å². The van der Waals surface area contributed by atoms with E-state index < -0.39 is 7.26 Å². The average Bonchev–Trinajstić information content (AvgIpc) is 2.80. The molecule has 0 fully saturated rings. The van der Waals surface area contributed by atoms with E-state index >= 15 is 0 Å². The van der Waals surface area contributed by atoms with Crippen LogP contribution >= 0.6 is 7.26 Å². The van der Waals surface area contributed by atoms with E-state index in [4.69, 9.17) is 0 Å². The molecule has 29 heavy (non-hydrogen) atoms. The summed E-state index contributed by atoms with van der Waals surface area (Å²) in [7, 11) is -1.67. The van der Waals surface area contributed by atoms with E-state index in [9.17, 15) is 4.79 Å². The Morgan fingerprint density at radius 2 is 0.897 bits per heavy atom. The lowest BCUT2D eigenvalue weighted by Crippen LogP contribution is -2.33. The molecule has 150 valence electrons. The topological polar surface area (TPSA) is 17.1 Å². The number of rotatable bonds is 12. The molecular formula is C27H32OP+. The highest BCUT2D eigenvalue weighted by molar-refractivity contribution is 7.95. The Bertz CT molecular complexity index is 734. The lowest BCUT2D eigenvalue weighted by Gasteiger charge is -2.27. The van der Waals surface area contributed by atoms with E-state index in [0.29, 0.717) is 6.42 Å². The molecule has 0 saturated heterocycles. The number of benzene rings is 3. The van der Waals surface area contributed by atoms with Crippen molar-refractivity contribution in [2.75, 3.05) is 6.16 Å². The van der Waals surface area contributed by atoms with Crippen molar-refractivity contribution in [1.82, 2.24) is 0 Å². The second-order valence-corrected chi connectivity index (χ2v) is 11.2. The van der Waals surface area contributed by atoms with Crippen molar-refractivity contribution in [3.63, 3.8) is 0 Å². The van der Waals surface area contributed by atoms with Crippen molar-refractivity contribution in [3.8, 4) is 0 Å². The maximum Gasteiger partial charge on any atom is 0.119 e. The summed E-state index contributed by atoms with van der Waals surface area (Å²) >= 11 is 0. The maximum absolute atomic E-state index is 10.5. The summed E-state index contributed by atoms with van der Waals surface area (Å²) in [6.45, 7) is 0. The Morgan fingerprint density at radius 1 is 0.517 bits per heavy atom. The first kappa shape index (κ1) is 21.5. The standard InChI is InChI=1S/C27H32OP/c28-23-15-4-2-1-3-5-16-24-29(25-17-9-6-10-18-25,26-19-11-7-12-20-26)27-21-13-8-14-22-27/h6-14,17-23H,1-5,15-16,24H2/q+1. The van der Waals surface area contributed by atoms with Crippen LogP contribution in [0.1, 0.15) is 44.9 Å². The van der Waals surface area contributed by atoms with Gasteiger partial charge in [0.05, 0.1) is 6.16 Å². The second kappa shape index (κ2) is 11.7. The Kier molecular flexibility index (Phi) is 8.65. The third-order valence-electron chi connectivity index (χ3n) is 5.66. The fraction of sp³-hybridized carbons (Fsp3) is 0.296. The number of hydrogen-bond donors (Lipinski definition) is 0. The molecule has 0 atom stereocenters. The fourth-order valence-corrected chi connectivity index (χ4v) is 8.58. The molecule has 0 bridgehead atoms. The summed E-state index contributed by atoms with van der Waals surface area (Å²) in [6.07, 6.45) is 10.2. The van der Waals surface area contributed by atoms with Gasteiger partial charge in [-0.15, -0.1) is 0 Å². The molecule has 0 heterocycles. The van der Waals surface area contributed by atoms with Crippen molar-refractivity contribution in [3.05, 3.63) is 91.0 Å². The predicted octanol–water partition coefficient (Wildman–Crippen LogP) is 5.91. The van der Waals surface area contributed by atoms with Gasteiger partial charge in [0.25, 0.3) is 0 Å². The van der Waals surface area contributed by atoms with Crippen LogP contribution in [0, 0.1) is 0 Å². The summed E-state index contributed by atoms with van der Waals surface area (Å²) < 4.78 is 0. The zero-order chi connectivity index (χ0) is 20.2. The summed E-state index contributed by atoms with van der Waals surface area (Å²) in [5.74, 6) is 0. The van der Waals surface area contributed by atoms with Crippen LogP contribution in [0.2, 0.25) is 0 Å². The minimum Gasteiger partial charge on any atom is -0.303 e. The van der Waals surface area contributed by atoms with Gasteiger partial charge in [-0.1, -0.05) is 73.9 Å². The van der Waals surface area contributed by atoms with Gasteiger partial charge < -0.3 is 4.79 Å². The predicted molar refractivity (Wildman–Crippen MR) is 128 cm³/mol. The molecule has 3 aromatic rings. The SMILES string of the molecule is O=CCCCCCCCC[P+](c1ccccc1)(c1ccccc1)c1ccccc1. The Morgan fingerprint density at radius 3 is 1.31 bits per heavy atom. The van der Waals surface area contributed by atoms with Gasteiger partial charge in [-0.05, 0) is 55.7 Å². The number of carbonyl (C=O) groups excluding carboxylic acids is 1. The largest absolute Gasteiger partial charge is 0.303 e. The lowest BCUT2D eigenvalue weighted by atomic mass is 10.1. The molecule has 0 N–H and O–H groups in total. The molecule has 3 aromatic carbocycles. The molecule has 0 aromatic heterocycles. The van der Waals surface area contributed by atoms with E-state index in [1.165, 1.54) is 54.2 Å². The summed E-state index contributed by atoms with van der Waals surface area (Å²) in [4.78, 5) is 10.5. The van der Waals surface area contributed by atoms with E-state index in [2.05, 4.69) is 91.0 Å². The first-order valence-corrected chi connectivity index (χ1v) is 12.8. The minimum absolute atomic E-state index is 0.713. The van der Waals surface area contributed by atoms with Crippen molar-refractivity contribution >= 4 is 29.5 Å². The highest BCUT2D eigenvalue weighted by atomic mass is 31.2. The molecule has 3 rings (SSSR count). The Hall–Kier alpha value is -2.24. The number of unbranched alkanes of at least 4 members (excludes halogenated alkanes) is 6. The highest BCUT2D eigenvalue weighted by Gasteiger charge is 2.44. The monoisotopic (exact) mass is 403 g/mol. The molecule has 0 aliphatic carbocycles. The minimum atomic E-state index is -1.67. The maximum atomic E-state index is 10.5. The van der Waals surface area contributed by atoms with Gasteiger partial charge in [0.2, 0.25) is 0 Å². The van der Waals surface area contributed by atoms with Crippen LogP contribution in [0.3, 0.4) is 0 Å². The number of hydrogen-bond acceptors (Lipinski definition) is 1. The molecule has 0 aliphatic heterocycles. The van der Waals surface area contributed by atoms with Crippen molar-refractivity contribution in [2.45, 2.75) is 44.9 Å². The molecule has 0 spiro atoms. The van der Waals surface area contributed by atoms with Crippen LogP contribution in [0.25, 0.3) is 0 Å². The van der Waals surface area contributed by atoms with Crippen molar-refractivity contribution in [2.24, 2.45) is 0 Å². The molecule has 0 aliphatic rings. The first-order valence-electron chi connectivity index (χ1n) is 10.9. The highest BCUT2D eigenvalue weighted by Crippen LogP contribution is 2.55. The zero-order valence-electron chi connectivity index (χ0n) is 17.2. The van der Waals surface area contributed by atoms with E-state index in [0.717, 1.165) is 12.7 Å². The third kappa shape index (κ3) is 5.64. The van der Waals surface area contributed by atoms with Crippen LogP contribution < -0.4 is 15.9 Å². The van der Waals surface area contributed by atoms with Gasteiger partial charge in [0.1, 0.15) is 29.5 Å². The van der Waals surface area contributed by atoms with Gasteiger partial charge >= 0.3 is 0 Å². The van der Waals surface area contributed by atoms with E-state index in [1.807, 2.05) is 0 Å². The molecule has 0 radical (unpaired) electrons. The van der Waals surface area contributed by atoms with Crippen molar-refractivity contribution in [1.29, 1.82) is 0 Å². The molecule has 0 saturated carbocycles. The van der Waals surface area contributed by atoms with Crippen LogP contribution in [0.15, 0.2) is 91.0 Å². The van der Waals surface area contributed by atoms with Crippen LogP contribution in [-0.4, -0.2) is 12.4 Å². The summed E-state index contributed by atoms with van der Waals surface area (Å²) in [6, 6.07) is 33.4. The number of carbonyl (C=O) groups is 1. The van der Waals surface area contributed by atoms with Crippen LogP contribution in [0.5, 0.6) is 0 Å². The second-order valence-electron chi connectivity index (χ2n) is 7.62. The fourth-order valence-electron chi connectivity index (χ4n) is 4.17. The normalized spacial score (nSPS) is 11.3. The summed E-state index contributed by atoms with van der Waals surface area (Å²) in [5, 5.41) is 4.43. The van der Waals surface area contributed by atoms with E-state index in [1.54, 1.807) is 0 Å². The van der Waals surface area contributed by atoms with Crippen molar-refractivity contribution < 1.29 is 4.79 Å². The first-order chi connectivity index (χ1) is 14.4. The lowest BCUT2D eigenvalue weighted by molar-refractivity contribution is -0.107. The van der Waals surface area contributed by atoms with Gasteiger partial charge in [0.15, 0.2) is 0 Å². The van der Waals surface area contributed by atoms with Gasteiger partial charge in [0, 0.05) is 6.42 Å². The molecule has 2 heteroatoms. The van der Waals surface area contributed by atoms with Crippen LogP contribution in [0.4, 0.5) is 0 Å². The molecular weight excluding hydrogens is 371 g/mol. The van der Waals surface area contributed by atoms with Crippen LogP contribution in [-0.2, 0) is 4.79 Å². The smallest absolute Gasteiger partial charge is 0.119 e. The zero-order valence-corrected chi connectivity index (χ0v) is 18.1. The molecule has 1 nitrogen and oxygen atoms in total. The summed E-state index contributed by atoms with van der Waals surface area (Å²) in [5.41, 5.74) is 0. The van der Waals surface area contributed by atoms with Gasteiger partial charge in [-0.2, -0.15) is 0 Å². The molecule has 0 unspecified atom stereocenters. The Balaban J connectivity index is 1.84. The average molecular weight is 404 g/mol. The number of aldehydes is 1. The van der Waals surface area contributed by atoms with E-state index in [-0.39, 0.29) is 0 Å². The molecule has 0 amide bonds. The third-order valence-corrected chi connectivity index (χ3v) is 10.2. The Labute approximate surface area is 176 Å². The quantitative estimate of drug-likeness (QED) is 0.209.